The number of aliphatic carboxylic acids is 1. The van der Waals surface area contributed by atoms with Gasteiger partial charge in [0.15, 0.2) is 0 Å². The number of rotatable bonds is 5. The summed E-state index contributed by atoms with van der Waals surface area (Å²) >= 11 is 1.39. The minimum Gasteiger partial charge on any atom is -0.480 e. The van der Waals surface area contributed by atoms with Gasteiger partial charge < -0.3 is 15.5 Å². The van der Waals surface area contributed by atoms with Crippen LogP contribution in [0.4, 0.5) is 0 Å². The highest BCUT2D eigenvalue weighted by Crippen LogP contribution is 2.13. The summed E-state index contributed by atoms with van der Waals surface area (Å²) in [6.07, 6.45) is 0.00422. The Labute approximate surface area is 96.7 Å². The number of aliphatic hydroxyl groups excluding tert-OH is 1. The Kier molecular flexibility index (Phi) is 4.45. The molecule has 1 amide bonds. The number of thiophene rings is 1. The maximum absolute atomic E-state index is 11.7. The molecular formula is C10H13NO4S. The first kappa shape index (κ1) is 12.7. The zero-order chi connectivity index (χ0) is 12.1. The molecule has 1 atom stereocenters. The van der Waals surface area contributed by atoms with Crippen molar-refractivity contribution in [1.82, 2.24) is 5.32 Å². The van der Waals surface area contributed by atoms with Crippen molar-refractivity contribution >= 4 is 23.2 Å². The number of carbonyl (C=O) groups is 2. The van der Waals surface area contributed by atoms with Crippen molar-refractivity contribution in [1.29, 1.82) is 0 Å². The molecule has 0 aliphatic heterocycles. The molecule has 0 saturated carbocycles. The summed E-state index contributed by atoms with van der Waals surface area (Å²) in [5.74, 6) is -1.56. The third-order valence-corrected chi connectivity index (χ3v) is 2.98. The fourth-order valence-corrected chi connectivity index (χ4v) is 2.04. The number of hydrogen-bond donors (Lipinski definition) is 3. The van der Waals surface area contributed by atoms with Crippen molar-refractivity contribution in [2.75, 3.05) is 6.61 Å². The largest absolute Gasteiger partial charge is 0.480 e. The molecule has 0 radical (unpaired) electrons. The molecule has 5 nitrogen and oxygen atoms in total. The molecule has 0 saturated heterocycles. The van der Waals surface area contributed by atoms with E-state index in [1.54, 1.807) is 12.3 Å². The number of nitrogens with one attached hydrogen (secondary N) is 1. The summed E-state index contributed by atoms with van der Waals surface area (Å²) < 4.78 is 0. The van der Waals surface area contributed by atoms with E-state index < -0.39 is 17.9 Å². The van der Waals surface area contributed by atoms with Crippen LogP contribution >= 0.6 is 11.3 Å². The monoisotopic (exact) mass is 243 g/mol. The van der Waals surface area contributed by atoms with Gasteiger partial charge in [-0.2, -0.15) is 11.3 Å². The van der Waals surface area contributed by atoms with Crippen LogP contribution < -0.4 is 5.32 Å². The van der Waals surface area contributed by atoms with E-state index in [0.717, 1.165) is 5.56 Å². The summed E-state index contributed by atoms with van der Waals surface area (Å²) in [7, 11) is 0. The van der Waals surface area contributed by atoms with Gasteiger partial charge in [-0.1, -0.05) is 0 Å². The summed E-state index contributed by atoms with van der Waals surface area (Å²) in [6.45, 7) is 1.51. The second kappa shape index (κ2) is 5.62. The van der Waals surface area contributed by atoms with Crippen LogP contribution in [-0.4, -0.2) is 34.7 Å². The molecule has 0 aromatic carbocycles. The van der Waals surface area contributed by atoms with Crippen LogP contribution in [0.25, 0.3) is 0 Å². The van der Waals surface area contributed by atoms with Crippen LogP contribution in [0.2, 0.25) is 0 Å². The molecular weight excluding hydrogens is 230 g/mol. The third kappa shape index (κ3) is 3.04. The highest BCUT2D eigenvalue weighted by molar-refractivity contribution is 7.08. The van der Waals surface area contributed by atoms with E-state index in [1.807, 2.05) is 5.38 Å². The Morgan fingerprint density at radius 2 is 2.19 bits per heavy atom. The number of carbonyl (C=O) groups excluding carboxylic acids is 1. The van der Waals surface area contributed by atoms with Crippen molar-refractivity contribution in [2.45, 2.75) is 19.4 Å². The van der Waals surface area contributed by atoms with Crippen LogP contribution in [0.5, 0.6) is 0 Å². The van der Waals surface area contributed by atoms with Crippen LogP contribution in [0.3, 0.4) is 0 Å². The van der Waals surface area contributed by atoms with Crippen molar-refractivity contribution in [3.63, 3.8) is 0 Å². The topological polar surface area (TPSA) is 86.6 Å². The molecule has 1 rings (SSSR count). The Morgan fingerprint density at radius 3 is 2.62 bits per heavy atom. The van der Waals surface area contributed by atoms with Crippen LogP contribution in [0, 0.1) is 6.92 Å². The average Bonchev–Trinajstić information content (AvgIpc) is 2.63. The lowest BCUT2D eigenvalue weighted by Crippen LogP contribution is -2.41. The van der Waals surface area contributed by atoms with Gasteiger partial charge in [-0.15, -0.1) is 0 Å². The van der Waals surface area contributed by atoms with Gasteiger partial charge in [0.2, 0.25) is 0 Å². The molecule has 6 heteroatoms. The highest BCUT2D eigenvalue weighted by Gasteiger charge is 2.20. The maximum atomic E-state index is 11.7. The van der Waals surface area contributed by atoms with E-state index in [2.05, 4.69) is 5.32 Å². The predicted molar refractivity (Wildman–Crippen MR) is 59.6 cm³/mol. The van der Waals surface area contributed by atoms with Crippen molar-refractivity contribution < 1.29 is 19.8 Å². The van der Waals surface area contributed by atoms with E-state index >= 15 is 0 Å². The molecule has 1 heterocycles. The van der Waals surface area contributed by atoms with Crippen molar-refractivity contribution in [2.24, 2.45) is 0 Å². The average molecular weight is 243 g/mol. The van der Waals surface area contributed by atoms with E-state index in [0.29, 0.717) is 5.56 Å². The molecule has 0 fully saturated rings. The Hall–Kier alpha value is -1.40. The van der Waals surface area contributed by atoms with Gasteiger partial charge in [-0.05, 0) is 17.9 Å². The van der Waals surface area contributed by atoms with E-state index in [1.165, 1.54) is 11.3 Å². The van der Waals surface area contributed by atoms with E-state index in [9.17, 15) is 9.59 Å². The predicted octanol–water partition coefficient (Wildman–Crippen LogP) is 0.622. The highest BCUT2D eigenvalue weighted by atomic mass is 32.1. The van der Waals surface area contributed by atoms with Crippen molar-refractivity contribution in [3.05, 3.63) is 21.9 Å². The lowest BCUT2D eigenvalue weighted by molar-refractivity contribution is -0.139. The normalized spacial score (nSPS) is 12.1. The first-order chi connectivity index (χ1) is 7.56. The second-order valence-electron chi connectivity index (χ2n) is 3.35. The molecule has 88 valence electrons. The summed E-state index contributed by atoms with van der Waals surface area (Å²) in [4.78, 5) is 22.4. The molecule has 0 aliphatic carbocycles. The van der Waals surface area contributed by atoms with E-state index in [4.69, 9.17) is 10.2 Å². The lowest BCUT2D eigenvalue weighted by atomic mass is 10.1. The van der Waals surface area contributed by atoms with Gasteiger partial charge in [0.25, 0.3) is 5.91 Å². The Balaban J connectivity index is 2.69. The molecule has 0 bridgehead atoms. The van der Waals surface area contributed by atoms with Gasteiger partial charge >= 0.3 is 5.97 Å². The number of carboxylic acids is 1. The fourth-order valence-electron chi connectivity index (χ4n) is 1.22. The molecule has 0 unspecified atom stereocenters. The summed E-state index contributed by atoms with van der Waals surface area (Å²) in [5.41, 5.74) is 1.30. The van der Waals surface area contributed by atoms with Crippen LogP contribution in [0.1, 0.15) is 22.3 Å². The number of aryl methyl sites for hydroxylation is 1. The molecule has 1 aromatic heterocycles. The van der Waals surface area contributed by atoms with E-state index in [-0.39, 0.29) is 13.0 Å². The lowest BCUT2D eigenvalue weighted by Gasteiger charge is -2.12. The first-order valence-electron chi connectivity index (χ1n) is 4.73. The summed E-state index contributed by atoms with van der Waals surface area (Å²) in [6, 6.07) is -1.04. The number of amides is 1. The SMILES string of the molecule is Cc1cscc1C(=O)N[C@@H](CCO)C(=O)O. The second-order valence-corrected chi connectivity index (χ2v) is 4.09. The number of hydrogen-bond acceptors (Lipinski definition) is 4. The van der Waals surface area contributed by atoms with Gasteiger partial charge in [0.05, 0.1) is 5.56 Å². The van der Waals surface area contributed by atoms with Gasteiger partial charge in [-0.25, -0.2) is 4.79 Å². The Bertz CT molecular complexity index is 388. The molecule has 1 aromatic rings. The van der Waals surface area contributed by atoms with Crippen molar-refractivity contribution in [3.8, 4) is 0 Å². The minimum absolute atomic E-state index is 0.00422. The zero-order valence-electron chi connectivity index (χ0n) is 8.77. The zero-order valence-corrected chi connectivity index (χ0v) is 9.58. The quantitative estimate of drug-likeness (QED) is 0.707. The first-order valence-corrected chi connectivity index (χ1v) is 5.68. The third-order valence-electron chi connectivity index (χ3n) is 2.12. The summed E-state index contributed by atoms with van der Waals surface area (Å²) in [5, 5.41) is 23.3. The molecule has 0 aliphatic rings. The fraction of sp³-hybridized carbons (Fsp3) is 0.400. The number of aliphatic hydroxyl groups is 1. The maximum Gasteiger partial charge on any atom is 0.326 e. The standard InChI is InChI=1S/C10H13NO4S/c1-6-4-16-5-7(6)9(13)11-8(2-3-12)10(14)15/h4-5,8,12H,2-3H2,1H3,(H,11,13)(H,14,15)/t8-/m0/s1. The van der Waals surface area contributed by atoms with Crippen LogP contribution in [0.15, 0.2) is 10.8 Å². The Morgan fingerprint density at radius 1 is 1.50 bits per heavy atom. The van der Waals surface area contributed by atoms with Crippen LogP contribution in [-0.2, 0) is 4.79 Å². The molecule has 3 N–H and O–H groups in total. The van der Waals surface area contributed by atoms with Gasteiger partial charge in [0, 0.05) is 18.4 Å². The number of carboxylic acid groups (broad SMARTS) is 1. The minimum atomic E-state index is -1.14. The van der Waals surface area contributed by atoms with Gasteiger partial charge in [0.1, 0.15) is 6.04 Å². The molecule has 0 spiro atoms. The molecule has 16 heavy (non-hydrogen) atoms. The smallest absolute Gasteiger partial charge is 0.326 e. The van der Waals surface area contributed by atoms with Gasteiger partial charge in [-0.3, -0.25) is 4.79 Å².